The number of anilines is 2. The van der Waals surface area contributed by atoms with Crippen molar-refractivity contribution in [1.29, 1.82) is 0 Å². The van der Waals surface area contributed by atoms with E-state index < -0.39 is 0 Å². The first-order chi connectivity index (χ1) is 16.8. The molecule has 0 atom stereocenters. The third kappa shape index (κ3) is 4.14. The van der Waals surface area contributed by atoms with Gasteiger partial charge in [0.2, 0.25) is 5.95 Å². The minimum atomic E-state index is 0.469. The van der Waals surface area contributed by atoms with Crippen molar-refractivity contribution in [3.8, 4) is 0 Å². The number of hydrogen-bond donors (Lipinski definition) is 1. The summed E-state index contributed by atoms with van der Waals surface area (Å²) >= 11 is 1.91. The summed E-state index contributed by atoms with van der Waals surface area (Å²) < 4.78 is 2.41. The predicted molar refractivity (Wildman–Crippen MR) is 140 cm³/mol. The van der Waals surface area contributed by atoms with Gasteiger partial charge in [0.1, 0.15) is 11.5 Å². The van der Waals surface area contributed by atoms with Gasteiger partial charge < -0.3 is 9.88 Å². The molecule has 4 aromatic rings. The number of fused-ring (bicyclic) bond motifs is 4. The van der Waals surface area contributed by atoms with E-state index in [-0.39, 0.29) is 0 Å². The first-order valence-corrected chi connectivity index (χ1v) is 13.8. The topological polar surface area (TPSA) is 71.8 Å². The van der Waals surface area contributed by atoms with Crippen LogP contribution in [0.2, 0.25) is 0 Å². The second-order valence-corrected chi connectivity index (χ2v) is 10.4. The third-order valence-electron chi connectivity index (χ3n) is 7.27. The lowest BCUT2D eigenvalue weighted by molar-refractivity contribution is 0.268. The molecule has 0 amide bonds. The summed E-state index contributed by atoms with van der Waals surface area (Å²) in [5.74, 6) is 2.60. The minimum Gasteiger partial charge on any atom is -0.321 e. The molecule has 1 fully saturated rings. The van der Waals surface area contributed by atoms with Gasteiger partial charge in [-0.2, -0.15) is 16.7 Å². The van der Waals surface area contributed by atoms with Crippen LogP contribution >= 0.6 is 11.8 Å². The predicted octanol–water partition coefficient (Wildman–Crippen LogP) is 5.34. The van der Waals surface area contributed by atoms with Gasteiger partial charge in [0.15, 0.2) is 0 Å². The maximum atomic E-state index is 5.00. The summed E-state index contributed by atoms with van der Waals surface area (Å²) in [7, 11) is 0. The standard InChI is InChI=1S/C26H31N7S/c1-34-14-13-32-12-10-22-18(17-32)7-8-24(29-22)30-26-28-15-21-20-9-11-27-16-23(20)33(25(21)31-26)19-5-3-2-4-6-19/h7-9,11,15-16,19H,2-6,10,12-14,17H2,1H3,(H,28,29,30,31). The number of nitrogens with zero attached hydrogens (tertiary/aromatic N) is 6. The van der Waals surface area contributed by atoms with Crippen LogP contribution in [0.5, 0.6) is 0 Å². The van der Waals surface area contributed by atoms with Crippen LogP contribution in [-0.2, 0) is 13.0 Å². The molecule has 1 saturated carbocycles. The van der Waals surface area contributed by atoms with Crippen molar-refractivity contribution < 1.29 is 0 Å². The first-order valence-electron chi connectivity index (χ1n) is 12.4. The molecule has 0 radical (unpaired) electrons. The van der Waals surface area contributed by atoms with Crippen LogP contribution in [0, 0.1) is 0 Å². The number of rotatable bonds is 6. The van der Waals surface area contributed by atoms with E-state index in [1.165, 1.54) is 54.5 Å². The molecule has 1 aliphatic heterocycles. The van der Waals surface area contributed by atoms with Crippen molar-refractivity contribution in [3.05, 3.63) is 48.0 Å². The van der Waals surface area contributed by atoms with Crippen molar-refractivity contribution in [2.75, 3.05) is 30.4 Å². The molecular formula is C26H31N7S. The summed E-state index contributed by atoms with van der Waals surface area (Å²) in [5.41, 5.74) is 4.68. The van der Waals surface area contributed by atoms with Gasteiger partial charge in [-0.15, -0.1) is 0 Å². The molecule has 0 unspecified atom stereocenters. The molecule has 34 heavy (non-hydrogen) atoms. The number of hydrogen-bond acceptors (Lipinski definition) is 7. The van der Waals surface area contributed by atoms with Crippen molar-refractivity contribution in [2.24, 2.45) is 0 Å². The highest BCUT2D eigenvalue weighted by Crippen LogP contribution is 2.36. The van der Waals surface area contributed by atoms with E-state index in [0.29, 0.717) is 12.0 Å². The van der Waals surface area contributed by atoms with Crippen LogP contribution in [-0.4, -0.2) is 54.5 Å². The van der Waals surface area contributed by atoms with Crippen LogP contribution < -0.4 is 5.32 Å². The molecule has 4 aromatic heterocycles. The van der Waals surface area contributed by atoms with Gasteiger partial charge >= 0.3 is 0 Å². The number of thioether (sulfide) groups is 1. The maximum absolute atomic E-state index is 5.00. The Kier molecular flexibility index (Phi) is 6.09. The van der Waals surface area contributed by atoms with Crippen molar-refractivity contribution >= 4 is 45.5 Å². The second kappa shape index (κ2) is 9.50. The highest BCUT2D eigenvalue weighted by atomic mass is 32.2. The quantitative estimate of drug-likeness (QED) is 0.405. The Hall–Kier alpha value is -2.71. The summed E-state index contributed by atoms with van der Waals surface area (Å²) in [6, 6.07) is 6.82. The van der Waals surface area contributed by atoms with Gasteiger partial charge in [0, 0.05) is 66.7 Å². The Morgan fingerprint density at radius 3 is 2.85 bits per heavy atom. The lowest BCUT2D eigenvalue weighted by Crippen LogP contribution is -2.32. The molecule has 0 spiro atoms. The molecule has 1 aliphatic carbocycles. The number of nitrogens with one attached hydrogen (secondary N) is 1. The number of aromatic nitrogens is 5. The molecular weight excluding hydrogens is 442 g/mol. The SMILES string of the molecule is CSCCN1CCc2nc(Nc3ncc4c5ccncc5n(C5CCCCC5)c4n3)ccc2C1. The summed E-state index contributed by atoms with van der Waals surface area (Å²) in [6.45, 7) is 3.20. The molecule has 0 aromatic carbocycles. The lowest BCUT2D eigenvalue weighted by atomic mass is 9.95. The van der Waals surface area contributed by atoms with Crippen molar-refractivity contribution in [3.63, 3.8) is 0 Å². The average Bonchev–Trinajstić information content (AvgIpc) is 3.21. The van der Waals surface area contributed by atoms with Gasteiger partial charge in [-0.05, 0) is 36.8 Å². The molecule has 2 aliphatic rings. The van der Waals surface area contributed by atoms with E-state index in [0.717, 1.165) is 48.4 Å². The zero-order valence-corrected chi connectivity index (χ0v) is 20.5. The first kappa shape index (κ1) is 21.8. The fourth-order valence-corrected chi connectivity index (χ4v) is 5.95. The largest absolute Gasteiger partial charge is 0.321 e. The third-order valence-corrected chi connectivity index (χ3v) is 7.86. The monoisotopic (exact) mass is 473 g/mol. The summed E-state index contributed by atoms with van der Waals surface area (Å²) in [4.78, 5) is 21.5. The zero-order valence-electron chi connectivity index (χ0n) is 19.7. The van der Waals surface area contributed by atoms with Crippen LogP contribution in [0.3, 0.4) is 0 Å². The number of pyridine rings is 2. The highest BCUT2D eigenvalue weighted by Gasteiger charge is 2.22. The Balaban J connectivity index is 1.31. The van der Waals surface area contributed by atoms with E-state index in [4.69, 9.17) is 9.97 Å². The fourth-order valence-electron chi connectivity index (χ4n) is 5.51. The minimum absolute atomic E-state index is 0.469. The molecule has 6 rings (SSSR count). The Morgan fingerprint density at radius 2 is 1.97 bits per heavy atom. The molecule has 176 valence electrons. The zero-order chi connectivity index (χ0) is 22.9. The van der Waals surface area contributed by atoms with Crippen LogP contribution in [0.4, 0.5) is 11.8 Å². The Labute approximate surface area is 204 Å². The summed E-state index contributed by atoms with van der Waals surface area (Å²) in [5, 5.41) is 5.66. The van der Waals surface area contributed by atoms with Gasteiger partial charge in [0.25, 0.3) is 0 Å². The van der Waals surface area contributed by atoms with Gasteiger partial charge in [-0.1, -0.05) is 25.3 Å². The van der Waals surface area contributed by atoms with Gasteiger partial charge in [-0.25, -0.2) is 9.97 Å². The lowest BCUT2D eigenvalue weighted by Gasteiger charge is -2.28. The Bertz CT molecular complexity index is 1310. The smallest absolute Gasteiger partial charge is 0.230 e. The van der Waals surface area contributed by atoms with Crippen LogP contribution in [0.15, 0.2) is 36.8 Å². The molecule has 0 bridgehead atoms. The van der Waals surface area contributed by atoms with E-state index >= 15 is 0 Å². The van der Waals surface area contributed by atoms with E-state index in [2.05, 4.69) is 49.2 Å². The molecule has 7 nitrogen and oxygen atoms in total. The Morgan fingerprint density at radius 1 is 1.06 bits per heavy atom. The molecule has 8 heteroatoms. The van der Waals surface area contributed by atoms with Gasteiger partial charge in [-0.3, -0.25) is 9.88 Å². The van der Waals surface area contributed by atoms with E-state index in [9.17, 15) is 0 Å². The van der Waals surface area contributed by atoms with Crippen molar-refractivity contribution in [1.82, 2.24) is 29.4 Å². The summed E-state index contributed by atoms with van der Waals surface area (Å²) in [6.07, 6.45) is 15.2. The normalized spacial score (nSPS) is 17.3. The molecule has 0 saturated heterocycles. The highest BCUT2D eigenvalue weighted by molar-refractivity contribution is 7.98. The van der Waals surface area contributed by atoms with Crippen molar-refractivity contribution in [2.45, 2.75) is 51.1 Å². The van der Waals surface area contributed by atoms with E-state index in [1.54, 1.807) is 0 Å². The second-order valence-electron chi connectivity index (χ2n) is 9.43. The average molecular weight is 474 g/mol. The molecule has 1 N–H and O–H groups in total. The maximum Gasteiger partial charge on any atom is 0.230 e. The van der Waals surface area contributed by atoms with Crippen LogP contribution in [0.1, 0.15) is 49.4 Å². The van der Waals surface area contributed by atoms with E-state index in [1.807, 2.05) is 30.4 Å². The van der Waals surface area contributed by atoms with Crippen LogP contribution in [0.25, 0.3) is 21.9 Å². The fraction of sp³-hybridized carbons (Fsp3) is 0.462. The van der Waals surface area contributed by atoms with Gasteiger partial charge in [0.05, 0.1) is 11.7 Å². The molecule has 5 heterocycles.